The number of nitrogens with zero attached hydrogens (tertiary/aromatic N) is 2. The molecule has 3 aliphatic rings. The van der Waals surface area contributed by atoms with E-state index in [0.717, 1.165) is 54.4 Å². The Bertz CT molecular complexity index is 1340. The fraction of sp³-hybridized carbons (Fsp3) is 0.600. The number of benzene rings is 1. The highest BCUT2D eigenvalue weighted by atomic mass is 19.1. The number of amides is 2. The molecular weight excluding hydrogens is 545 g/mol. The van der Waals surface area contributed by atoms with Gasteiger partial charge in [-0.3, -0.25) is 9.59 Å². The van der Waals surface area contributed by atoms with Crippen molar-refractivity contribution in [1.29, 1.82) is 5.26 Å². The van der Waals surface area contributed by atoms with Crippen molar-refractivity contribution < 1.29 is 23.5 Å². The number of nitrogens with one attached hydrogen (secondary N) is 1. The first kappa shape index (κ1) is 32.4. The summed E-state index contributed by atoms with van der Waals surface area (Å²) in [7, 11) is 0. The first-order valence-electron chi connectivity index (χ1n) is 15.7. The maximum absolute atomic E-state index is 15.6. The van der Waals surface area contributed by atoms with E-state index in [1.165, 1.54) is 0 Å². The molecule has 3 unspecified atom stereocenters. The van der Waals surface area contributed by atoms with E-state index in [-0.39, 0.29) is 37.0 Å². The maximum atomic E-state index is 15.6. The average molecular weight is 592 g/mol. The lowest BCUT2D eigenvalue weighted by atomic mass is 9.84. The minimum Gasteiger partial charge on any atom is -0.444 e. The largest absolute Gasteiger partial charge is 0.444 e. The van der Waals surface area contributed by atoms with Crippen LogP contribution in [-0.2, 0) is 27.2 Å². The van der Waals surface area contributed by atoms with Crippen LogP contribution in [0.4, 0.5) is 9.18 Å². The summed E-state index contributed by atoms with van der Waals surface area (Å²) >= 11 is 0. The summed E-state index contributed by atoms with van der Waals surface area (Å²) in [5, 5.41) is 13.0. The molecule has 8 heteroatoms. The molecule has 1 heterocycles. The lowest BCUT2D eigenvalue weighted by Gasteiger charge is -2.33. The number of hydrogen-bond donors (Lipinski definition) is 1. The number of likely N-dealkylation sites (tertiary alicyclic amines) is 1. The van der Waals surface area contributed by atoms with Crippen molar-refractivity contribution in [2.75, 3.05) is 13.1 Å². The standard InChI is InChI=1S/C35H46FN3O4/c1-23-10-11-24-17-25(12-13-27(24)19-31(23)40)26-14-15-28(30(36)18-26)20-35(5,22-37)38-32(41)29-9-7-6-8-16-39(21-29)33(42)43-34(2,3)4/h12-15,17,23,29-30H,6-11,16,18-21H2,1-5H3,(H,38,41)/t23?,29?,30?,35-/m1/s1. The van der Waals surface area contributed by atoms with E-state index in [2.05, 4.69) is 17.5 Å². The third kappa shape index (κ3) is 8.55. The van der Waals surface area contributed by atoms with Crippen molar-refractivity contribution >= 4 is 23.4 Å². The predicted octanol–water partition coefficient (Wildman–Crippen LogP) is 6.65. The Hall–Kier alpha value is -3.47. The summed E-state index contributed by atoms with van der Waals surface area (Å²) in [5.41, 5.74) is 2.57. The molecule has 1 aliphatic heterocycles. The summed E-state index contributed by atoms with van der Waals surface area (Å²) in [6, 6.07) is 8.26. The van der Waals surface area contributed by atoms with Crippen LogP contribution in [0.5, 0.6) is 0 Å². The molecule has 232 valence electrons. The van der Waals surface area contributed by atoms with Gasteiger partial charge in [0.05, 0.1) is 12.0 Å². The number of ether oxygens (including phenoxy) is 1. The van der Waals surface area contributed by atoms with Gasteiger partial charge in [-0.25, -0.2) is 9.18 Å². The highest BCUT2D eigenvalue weighted by Gasteiger charge is 2.35. The molecule has 1 saturated heterocycles. The molecule has 7 nitrogen and oxygen atoms in total. The molecule has 1 aromatic rings. The summed E-state index contributed by atoms with van der Waals surface area (Å²) in [5.74, 6) is -0.473. The van der Waals surface area contributed by atoms with Crippen LogP contribution in [0.2, 0.25) is 0 Å². The van der Waals surface area contributed by atoms with Gasteiger partial charge in [-0.2, -0.15) is 5.26 Å². The molecule has 0 saturated carbocycles. The van der Waals surface area contributed by atoms with E-state index in [4.69, 9.17) is 4.74 Å². The molecule has 0 spiro atoms. The van der Waals surface area contributed by atoms with E-state index in [1.807, 2.05) is 45.9 Å². The lowest BCUT2D eigenvalue weighted by molar-refractivity contribution is -0.127. The number of nitriles is 1. The van der Waals surface area contributed by atoms with Crippen LogP contribution in [0.15, 0.2) is 35.9 Å². The van der Waals surface area contributed by atoms with Crippen molar-refractivity contribution in [2.45, 2.75) is 110 Å². The number of carbonyl (C=O) groups excluding carboxylic acids is 3. The molecule has 0 radical (unpaired) electrons. The number of carbonyl (C=O) groups is 3. The van der Waals surface area contributed by atoms with Gasteiger partial charge in [0, 0.05) is 38.3 Å². The molecular formula is C35H46FN3O4. The second kappa shape index (κ2) is 13.4. The monoisotopic (exact) mass is 591 g/mol. The third-order valence-electron chi connectivity index (χ3n) is 8.79. The van der Waals surface area contributed by atoms with E-state index in [9.17, 15) is 19.6 Å². The number of halogens is 1. The zero-order valence-corrected chi connectivity index (χ0v) is 26.3. The van der Waals surface area contributed by atoms with Crippen molar-refractivity contribution in [3.8, 4) is 6.07 Å². The Kier molecular flexibility index (Phi) is 10.1. The smallest absolute Gasteiger partial charge is 0.410 e. The van der Waals surface area contributed by atoms with Gasteiger partial charge in [0.1, 0.15) is 23.1 Å². The maximum Gasteiger partial charge on any atom is 0.410 e. The number of fused-ring (bicyclic) bond motifs is 1. The second-order valence-electron chi connectivity index (χ2n) is 13.8. The van der Waals surface area contributed by atoms with Gasteiger partial charge in [0.25, 0.3) is 0 Å². The van der Waals surface area contributed by atoms with Crippen LogP contribution in [0.3, 0.4) is 0 Å². The number of allylic oxidation sites excluding steroid dienone is 3. The zero-order chi connectivity index (χ0) is 31.4. The van der Waals surface area contributed by atoms with Gasteiger partial charge in [-0.05, 0) is 81.2 Å². The molecule has 1 fully saturated rings. The number of Topliss-reactive ketones (excluding diaryl/α,β-unsaturated/α-hetero) is 1. The molecule has 2 amide bonds. The van der Waals surface area contributed by atoms with Crippen molar-refractivity contribution in [3.05, 3.63) is 52.6 Å². The Morgan fingerprint density at radius 1 is 1.12 bits per heavy atom. The van der Waals surface area contributed by atoms with E-state index < -0.39 is 29.3 Å². The van der Waals surface area contributed by atoms with E-state index >= 15 is 4.39 Å². The fourth-order valence-corrected chi connectivity index (χ4v) is 6.13. The van der Waals surface area contributed by atoms with Crippen molar-refractivity contribution in [1.82, 2.24) is 10.2 Å². The van der Waals surface area contributed by atoms with Crippen LogP contribution in [-0.4, -0.2) is 53.1 Å². The Morgan fingerprint density at radius 3 is 2.58 bits per heavy atom. The molecule has 4 rings (SSSR count). The SMILES string of the molecule is CC1CCc2cc(C3=CC=C(C[C@](C)(C#N)NC(=O)C4CCCCCN(C(=O)OC(C)(C)C)C4)C(F)C3)ccc2CC1=O. The van der Waals surface area contributed by atoms with Crippen LogP contribution >= 0.6 is 0 Å². The number of hydrogen-bond acceptors (Lipinski definition) is 5. The molecule has 0 aromatic heterocycles. The molecule has 2 aliphatic carbocycles. The topological polar surface area (TPSA) is 99.5 Å². The minimum atomic E-state index is -1.30. The summed E-state index contributed by atoms with van der Waals surface area (Å²) in [6.07, 6.45) is 7.46. The number of aryl methyl sites for hydroxylation is 1. The Balaban J connectivity index is 1.44. The van der Waals surface area contributed by atoms with Gasteiger partial charge >= 0.3 is 6.09 Å². The van der Waals surface area contributed by atoms with Gasteiger partial charge in [0.2, 0.25) is 5.91 Å². The molecule has 0 bridgehead atoms. The highest BCUT2D eigenvalue weighted by Crippen LogP contribution is 2.35. The van der Waals surface area contributed by atoms with Gasteiger partial charge in [-0.1, -0.05) is 50.1 Å². The van der Waals surface area contributed by atoms with Crippen LogP contribution in [0.25, 0.3) is 5.57 Å². The summed E-state index contributed by atoms with van der Waals surface area (Å²) in [6.45, 7) is 9.77. The number of ketones is 1. The summed E-state index contributed by atoms with van der Waals surface area (Å²) < 4.78 is 21.1. The van der Waals surface area contributed by atoms with Crippen molar-refractivity contribution in [3.63, 3.8) is 0 Å². The highest BCUT2D eigenvalue weighted by molar-refractivity contribution is 5.84. The Labute approximate surface area is 255 Å². The quantitative estimate of drug-likeness (QED) is 0.387. The van der Waals surface area contributed by atoms with Crippen molar-refractivity contribution in [2.24, 2.45) is 11.8 Å². The zero-order valence-electron chi connectivity index (χ0n) is 26.3. The molecule has 1 aromatic carbocycles. The normalized spacial score (nSPS) is 24.5. The van der Waals surface area contributed by atoms with Crippen LogP contribution in [0, 0.1) is 23.2 Å². The first-order chi connectivity index (χ1) is 20.3. The Morgan fingerprint density at radius 2 is 1.88 bits per heavy atom. The van der Waals surface area contributed by atoms with Crippen LogP contribution in [0.1, 0.15) is 96.3 Å². The van der Waals surface area contributed by atoms with Gasteiger partial charge in [-0.15, -0.1) is 0 Å². The fourth-order valence-electron chi connectivity index (χ4n) is 6.13. The summed E-state index contributed by atoms with van der Waals surface area (Å²) in [4.78, 5) is 40.1. The van der Waals surface area contributed by atoms with Gasteiger partial charge in [0.15, 0.2) is 0 Å². The number of rotatable bonds is 5. The van der Waals surface area contributed by atoms with Gasteiger partial charge < -0.3 is 15.0 Å². The number of alkyl halides is 1. The average Bonchev–Trinajstić information content (AvgIpc) is 3.06. The van der Waals surface area contributed by atoms with E-state index in [1.54, 1.807) is 17.9 Å². The minimum absolute atomic E-state index is 0.0522. The first-order valence-corrected chi connectivity index (χ1v) is 15.7. The van der Waals surface area contributed by atoms with Crippen LogP contribution < -0.4 is 5.32 Å². The second-order valence-corrected chi connectivity index (χ2v) is 13.8. The van der Waals surface area contributed by atoms with E-state index in [0.29, 0.717) is 25.0 Å². The molecule has 4 atom stereocenters. The molecule has 1 N–H and O–H groups in total. The third-order valence-corrected chi connectivity index (χ3v) is 8.79. The lowest BCUT2D eigenvalue weighted by Crippen LogP contribution is -2.51. The predicted molar refractivity (Wildman–Crippen MR) is 165 cm³/mol. The molecule has 43 heavy (non-hydrogen) atoms.